The van der Waals surface area contributed by atoms with E-state index in [1.807, 2.05) is 51.4 Å². The Kier molecular flexibility index (Phi) is 8.87. The van der Waals surface area contributed by atoms with E-state index in [0.29, 0.717) is 24.6 Å². The predicted molar refractivity (Wildman–Crippen MR) is 163 cm³/mol. The highest BCUT2D eigenvalue weighted by Crippen LogP contribution is 2.32. The number of hydrogen-bond donors (Lipinski definition) is 1. The highest BCUT2D eigenvalue weighted by molar-refractivity contribution is 7.13. The average Bonchev–Trinajstić information content (AvgIpc) is 3.74. The maximum atomic E-state index is 13.7. The summed E-state index contributed by atoms with van der Waals surface area (Å²) in [6.45, 7) is 3.55. The van der Waals surface area contributed by atoms with Gasteiger partial charge in [-0.15, -0.1) is 11.3 Å². The van der Waals surface area contributed by atoms with Crippen LogP contribution in [0.5, 0.6) is 11.5 Å². The van der Waals surface area contributed by atoms with Crippen LogP contribution >= 0.6 is 11.3 Å². The predicted octanol–water partition coefficient (Wildman–Crippen LogP) is 5.56. The lowest BCUT2D eigenvalue weighted by Gasteiger charge is -2.30. The van der Waals surface area contributed by atoms with Crippen molar-refractivity contribution in [1.82, 2.24) is 24.8 Å². The maximum Gasteiger partial charge on any atom is 0.267 e. The van der Waals surface area contributed by atoms with Crippen molar-refractivity contribution in [3.8, 4) is 22.1 Å². The molecule has 1 amide bonds. The van der Waals surface area contributed by atoms with Crippen LogP contribution in [0.15, 0.2) is 103 Å². The topological polar surface area (TPSA) is 81.5 Å². The minimum Gasteiger partial charge on any atom is -0.485 e. The smallest absolute Gasteiger partial charge is 0.267 e. The molecule has 0 radical (unpaired) electrons. The third-order valence-electron chi connectivity index (χ3n) is 7.11. The van der Waals surface area contributed by atoms with Gasteiger partial charge >= 0.3 is 0 Å². The van der Waals surface area contributed by atoms with Crippen molar-refractivity contribution in [2.75, 3.05) is 13.2 Å². The molecule has 42 heavy (non-hydrogen) atoms. The number of fused-ring (bicyclic) bond motifs is 1. The first-order valence-corrected chi connectivity index (χ1v) is 15.0. The Balaban J connectivity index is 1.09. The van der Waals surface area contributed by atoms with Crippen LogP contribution in [0.1, 0.15) is 23.2 Å². The van der Waals surface area contributed by atoms with Crippen molar-refractivity contribution in [3.63, 3.8) is 0 Å². The number of amides is 1. The SMILES string of the molecule is O=C(C1COc2ccccc2O1)N(CCCn1ccnc1)Cc1csc(-c2ccc(CNCc3ccccc3)cc2)n1. The number of thiazole rings is 1. The van der Waals surface area contributed by atoms with E-state index in [9.17, 15) is 4.79 Å². The van der Waals surface area contributed by atoms with E-state index in [1.54, 1.807) is 23.9 Å². The Morgan fingerprint density at radius 3 is 2.52 bits per heavy atom. The molecule has 0 bridgehead atoms. The van der Waals surface area contributed by atoms with Crippen LogP contribution in [0.3, 0.4) is 0 Å². The fourth-order valence-electron chi connectivity index (χ4n) is 4.90. The first kappa shape index (κ1) is 27.7. The number of para-hydroxylation sites is 2. The van der Waals surface area contributed by atoms with E-state index in [4.69, 9.17) is 14.5 Å². The molecule has 0 aliphatic carbocycles. The minimum absolute atomic E-state index is 0.1000. The number of carbonyl (C=O) groups is 1. The minimum atomic E-state index is -0.700. The first-order chi connectivity index (χ1) is 20.7. The van der Waals surface area contributed by atoms with Gasteiger partial charge in [-0.25, -0.2) is 9.97 Å². The van der Waals surface area contributed by atoms with Gasteiger partial charge in [-0.1, -0.05) is 66.7 Å². The molecule has 214 valence electrons. The van der Waals surface area contributed by atoms with Gasteiger partial charge in [0.1, 0.15) is 11.6 Å². The second kappa shape index (κ2) is 13.5. The van der Waals surface area contributed by atoms with Gasteiger partial charge in [-0.05, 0) is 29.7 Å². The summed E-state index contributed by atoms with van der Waals surface area (Å²) in [5.74, 6) is 1.16. The molecule has 1 unspecified atom stereocenters. The van der Waals surface area contributed by atoms with Gasteiger partial charge in [0.2, 0.25) is 6.10 Å². The number of hydrogen-bond acceptors (Lipinski definition) is 7. The normalized spacial score (nSPS) is 14.0. The molecule has 9 heteroatoms. The number of nitrogens with zero attached hydrogens (tertiary/aromatic N) is 4. The number of carbonyl (C=O) groups excluding carboxylic acids is 1. The van der Waals surface area contributed by atoms with Gasteiger partial charge < -0.3 is 24.3 Å². The lowest BCUT2D eigenvalue weighted by Crippen LogP contribution is -2.46. The summed E-state index contributed by atoms with van der Waals surface area (Å²) in [4.78, 5) is 24.5. The molecule has 3 heterocycles. The van der Waals surface area contributed by atoms with Crippen LogP contribution in [-0.2, 0) is 31.0 Å². The molecule has 2 aromatic heterocycles. The molecule has 0 saturated carbocycles. The zero-order valence-corrected chi connectivity index (χ0v) is 24.1. The number of aromatic nitrogens is 3. The molecule has 8 nitrogen and oxygen atoms in total. The van der Waals surface area contributed by atoms with Crippen molar-refractivity contribution in [2.24, 2.45) is 0 Å². The van der Waals surface area contributed by atoms with Crippen LogP contribution in [-0.4, -0.2) is 44.6 Å². The van der Waals surface area contributed by atoms with E-state index in [1.165, 1.54) is 11.1 Å². The van der Waals surface area contributed by atoms with Crippen LogP contribution in [0.2, 0.25) is 0 Å². The number of benzene rings is 3. The zero-order valence-electron chi connectivity index (χ0n) is 23.3. The number of rotatable bonds is 12. The molecule has 0 saturated heterocycles. The van der Waals surface area contributed by atoms with Gasteiger partial charge in [-0.2, -0.15) is 0 Å². The lowest BCUT2D eigenvalue weighted by atomic mass is 10.1. The van der Waals surface area contributed by atoms with E-state index in [2.05, 4.69) is 58.8 Å². The zero-order chi connectivity index (χ0) is 28.6. The Morgan fingerprint density at radius 2 is 1.74 bits per heavy atom. The van der Waals surface area contributed by atoms with Crippen LogP contribution in [0.4, 0.5) is 0 Å². The maximum absolute atomic E-state index is 13.7. The summed E-state index contributed by atoms with van der Waals surface area (Å²) in [6.07, 6.45) is 5.56. The van der Waals surface area contributed by atoms with Gasteiger partial charge in [0.05, 0.1) is 18.6 Å². The highest BCUT2D eigenvalue weighted by atomic mass is 32.1. The molecular formula is C33H33N5O3S. The molecule has 3 aromatic carbocycles. The molecule has 1 aliphatic rings. The van der Waals surface area contributed by atoms with Crippen molar-refractivity contribution in [2.45, 2.75) is 38.7 Å². The summed E-state index contributed by atoms with van der Waals surface area (Å²) in [5, 5.41) is 6.47. The van der Waals surface area contributed by atoms with Gasteiger partial charge in [0, 0.05) is 49.5 Å². The largest absolute Gasteiger partial charge is 0.485 e. The van der Waals surface area contributed by atoms with Gasteiger partial charge in [0.15, 0.2) is 11.5 Å². The average molecular weight is 580 g/mol. The molecule has 0 spiro atoms. The van der Waals surface area contributed by atoms with Gasteiger partial charge in [0.25, 0.3) is 5.91 Å². The number of imidazole rings is 1. The van der Waals surface area contributed by atoms with E-state index in [-0.39, 0.29) is 12.5 Å². The summed E-state index contributed by atoms with van der Waals surface area (Å²) in [7, 11) is 0. The molecule has 5 aromatic rings. The Hall–Kier alpha value is -4.47. The molecular weight excluding hydrogens is 546 g/mol. The molecule has 1 N–H and O–H groups in total. The standard InChI is InChI=1S/C33H33N5O3S/c39-33(31-22-40-29-9-4-5-10-30(29)41-31)38(17-6-16-37-18-15-34-24-37)21-28-23-42-32(36-28)27-13-11-26(12-14-27)20-35-19-25-7-2-1-3-8-25/h1-5,7-15,18,23-24,31,35H,6,16-17,19-22H2. The van der Waals surface area contributed by atoms with Crippen molar-refractivity contribution in [1.29, 1.82) is 0 Å². The van der Waals surface area contributed by atoms with E-state index < -0.39 is 6.10 Å². The van der Waals surface area contributed by atoms with Crippen molar-refractivity contribution in [3.05, 3.63) is 120 Å². The second-order valence-corrected chi connectivity index (χ2v) is 11.1. The highest BCUT2D eigenvalue weighted by Gasteiger charge is 2.31. The summed E-state index contributed by atoms with van der Waals surface area (Å²) >= 11 is 1.59. The number of aryl methyl sites for hydroxylation is 1. The summed E-state index contributed by atoms with van der Waals surface area (Å²) < 4.78 is 13.9. The van der Waals surface area contributed by atoms with E-state index in [0.717, 1.165) is 42.3 Å². The Morgan fingerprint density at radius 1 is 0.976 bits per heavy atom. The summed E-state index contributed by atoms with van der Waals surface area (Å²) in [5.41, 5.74) is 4.41. The fraction of sp³-hybridized carbons (Fsp3) is 0.242. The second-order valence-electron chi connectivity index (χ2n) is 10.2. The lowest BCUT2D eigenvalue weighted by molar-refractivity contribution is -0.142. The Labute approximate surface area is 249 Å². The van der Waals surface area contributed by atoms with Crippen LogP contribution in [0.25, 0.3) is 10.6 Å². The Bertz CT molecular complexity index is 1570. The monoisotopic (exact) mass is 579 g/mol. The van der Waals surface area contributed by atoms with Crippen LogP contribution < -0.4 is 14.8 Å². The third-order valence-corrected chi connectivity index (χ3v) is 8.05. The quantitative estimate of drug-likeness (QED) is 0.209. The van der Waals surface area contributed by atoms with E-state index >= 15 is 0 Å². The molecule has 6 rings (SSSR count). The molecule has 0 fully saturated rings. The van der Waals surface area contributed by atoms with Crippen molar-refractivity contribution >= 4 is 17.2 Å². The number of ether oxygens (including phenoxy) is 2. The molecule has 1 atom stereocenters. The first-order valence-electron chi connectivity index (χ1n) is 14.1. The summed E-state index contributed by atoms with van der Waals surface area (Å²) in [6, 6.07) is 26.3. The van der Waals surface area contributed by atoms with Gasteiger partial charge in [-0.3, -0.25) is 4.79 Å². The third kappa shape index (κ3) is 7.05. The fourth-order valence-corrected chi connectivity index (χ4v) is 5.71. The number of nitrogens with one attached hydrogen (secondary N) is 1. The van der Waals surface area contributed by atoms with Crippen molar-refractivity contribution < 1.29 is 14.3 Å². The van der Waals surface area contributed by atoms with Crippen LogP contribution in [0, 0.1) is 0 Å². The molecule has 1 aliphatic heterocycles.